The normalized spacial score (nSPS) is 10.4. The molecule has 0 atom stereocenters. The lowest BCUT2D eigenvalue weighted by Gasteiger charge is -2.10. The molecule has 1 aromatic rings. The van der Waals surface area contributed by atoms with Crippen LogP contribution in [0.3, 0.4) is 0 Å². The maximum absolute atomic E-state index is 12.5. The summed E-state index contributed by atoms with van der Waals surface area (Å²) < 4.78 is 29.7. The van der Waals surface area contributed by atoms with Gasteiger partial charge in [-0.25, -0.2) is 13.8 Å². The Labute approximate surface area is 79.7 Å². The van der Waals surface area contributed by atoms with E-state index in [4.69, 9.17) is 4.74 Å². The predicted molar refractivity (Wildman–Crippen MR) is 45.9 cm³/mol. The number of halogens is 2. The third kappa shape index (κ3) is 1.86. The number of ether oxygens (including phenoxy) is 1. The molecule has 0 fully saturated rings. The summed E-state index contributed by atoms with van der Waals surface area (Å²) in [5.74, 6) is 0.0330. The lowest BCUT2D eigenvalue weighted by molar-refractivity contribution is 0.111. The fraction of sp³-hybridized carbons (Fsp3) is 0.333. The van der Waals surface area contributed by atoms with Crippen molar-refractivity contribution in [3.8, 4) is 5.75 Å². The van der Waals surface area contributed by atoms with Crippen molar-refractivity contribution < 1.29 is 18.3 Å². The van der Waals surface area contributed by atoms with E-state index in [1.54, 1.807) is 6.92 Å². The van der Waals surface area contributed by atoms with Crippen LogP contribution in [0.4, 0.5) is 8.78 Å². The van der Waals surface area contributed by atoms with Crippen molar-refractivity contribution in [1.82, 2.24) is 4.98 Å². The largest absolute Gasteiger partial charge is 0.494 e. The van der Waals surface area contributed by atoms with E-state index in [1.165, 1.54) is 13.2 Å². The van der Waals surface area contributed by atoms with Gasteiger partial charge >= 0.3 is 0 Å². The van der Waals surface area contributed by atoms with E-state index < -0.39 is 12.1 Å². The zero-order chi connectivity index (χ0) is 10.7. The molecule has 0 saturated carbocycles. The molecule has 0 unspecified atom stereocenters. The first kappa shape index (κ1) is 10.6. The van der Waals surface area contributed by atoms with Crippen molar-refractivity contribution >= 4 is 6.29 Å². The number of rotatable bonds is 3. The molecule has 0 aliphatic rings. The van der Waals surface area contributed by atoms with Crippen LogP contribution < -0.4 is 4.74 Å². The van der Waals surface area contributed by atoms with E-state index in [1.807, 2.05) is 0 Å². The monoisotopic (exact) mass is 201 g/mol. The van der Waals surface area contributed by atoms with Gasteiger partial charge in [-0.3, -0.25) is 4.79 Å². The van der Waals surface area contributed by atoms with Gasteiger partial charge in [0.2, 0.25) is 0 Å². The van der Waals surface area contributed by atoms with Crippen molar-refractivity contribution in [3.05, 3.63) is 23.0 Å². The molecular formula is C9H9F2NO2. The van der Waals surface area contributed by atoms with Crippen LogP contribution >= 0.6 is 0 Å². The number of aromatic nitrogens is 1. The Morgan fingerprint density at radius 1 is 1.57 bits per heavy atom. The molecule has 1 heterocycles. The molecule has 5 heteroatoms. The van der Waals surface area contributed by atoms with Crippen molar-refractivity contribution in [2.75, 3.05) is 7.11 Å². The van der Waals surface area contributed by atoms with E-state index >= 15 is 0 Å². The maximum Gasteiger partial charge on any atom is 0.284 e. The minimum absolute atomic E-state index is 0.0152. The first-order chi connectivity index (χ1) is 6.60. The van der Waals surface area contributed by atoms with E-state index in [-0.39, 0.29) is 11.4 Å². The van der Waals surface area contributed by atoms with Gasteiger partial charge in [0.05, 0.1) is 7.11 Å². The van der Waals surface area contributed by atoms with Crippen LogP contribution in [0.2, 0.25) is 0 Å². The smallest absolute Gasteiger partial charge is 0.284 e. The number of nitrogens with zero attached hydrogens (tertiary/aromatic N) is 1. The molecule has 0 N–H and O–H groups in total. The average Bonchev–Trinajstić information content (AvgIpc) is 2.16. The summed E-state index contributed by atoms with van der Waals surface area (Å²) in [5.41, 5.74) is -0.0342. The van der Waals surface area contributed by atoms with Gasteiger partial charge in [0.1, 0.15) is 17.1 Å². The van der Waals surface area contributed by atoms with Gasteiger partial charge in [0.15, 0.2) is 6.29 Å². The predicted octanol–water partition coefficient (Wildman–Crippen LogP) is 2.15. The van der Waals surface area contributed by atoms with E-state index in [2.05, 4.69) is 4.98 Å². The Balaban J connectivity index is 3.35. The van der Waals surface area contributed by atoms with Crippen LogP contribution in [0.5, 0.6) is 5.75 Å². The quantitative estimate of drug-likeness (QED) is 0.703. The molecule has 0 radical (unpaired) electrons. The number of alkyl halides is 2. The van der Waals surface area contributed by atoms with E-state index in [9.17, 15) is 13.6 Å². The number of methoxy groups -OCH3 is 1. The second kappa shape index (κ2) is 4.13. The third-order valence-electron chi connectivity index (χ3n) is 1.74. The number of pyridine rings is 1. The van der Waals surface area contributed by atoms with Crippen LogP contribution in [0, 0.1) is 6.92 Å². The maximum atomic E-state index is 12.5. The molecule has 1 rings (SSSR count). The number of hydrogen-bond acceptors (Lipinski definition) is 3. The van der Waals surface area contributed by atoms with Crippen molar-refractivity contribution in [1.29, 1.82) is 0 Å². The highest BCUT2D eigenvalue weighted by molar-refractivity contribution is 5.72. The van der Waals surface area contributed by atoms with Gasteiger partial charge in [-0.1, -0.05) is 0 Å². The van der Waals surface area contributed by atoms with Gasteiger partial charge in [-0.15, -0.1) is 0 Å². The Bertz CT molecular complexity index is 353. The van der Waals surface area contributed by atoms with Gasteiger partial charge in [-0.05, 0) is 18.6 Å². The van der Waals surface area contributed by atoms with Crippen molar-refractivity contribution in [2.45, 2.75) is 13.3 Å². The highest BCUT2D eigenvalue weighted by atomic mass is 19.3. The zero-order valence-corrected chi connectivity index (χ0v) is 7.75. The van der Waals surface area contributed by atoms with Crippen LogP contribution in [0.1, 0.15) is 28.2 Å². The van der Waals surface area contributed by atoms with Gasteiger partial charge in [-0.2, -0.15) is 0 Å². The van der Waals surface area contributed by atoms with Crippen LogP contribution in [-0.4, -0.2) is 18.4 Å². The number of carbonyl (C=O) groups is 1. The summed E-state index contributed by atoms with van der Waals surface area (Å²) in [6, 6.07) is 1.40. The van der Waals surface area contributed by atoms with Crippen LogP contribution in [-0.2, 0) is 0 Å². The number of carbonyl (C=O) groups excluding carboxylic acids is 1. The zero-order valence-electron chi connectivity index (χ0n) is 7.75. The van der Waals surface area contributed by atoms with Gasteiger partial charge < -0.3 is 4.74 Å². The second-order valence-electron chi connectivity index (χ2n) is 2.70. The minimum atomic E-state index is -2.75. The summed E-state index contributed by atoms with van der Waals surface area (Å²) in [4.78, 5) is 13.9. The molecule has 0 saturated heterocycles. The molecule has 14 heavy (non-hydrogen) atoms. The Morgan fingerprint density at radius 3 is 2.64 bits per heavy atom. The first-order valence-corrected chi connectivity index (χ1v) is 3.89. The highest BCUT2D eigenvalue weighted by Gasteiger charge is 2.18. The standard InChI is InChI=1S/C9H9F2NO2/c1-5-3-6(4-13)12-7(9(10)11)8(5)14-2/h3-4,9H,1-2H3. The summed E-state index contributed by atoms with van der Waals surface area (Å²) in [6.07, 6.45) is -2.32. The van der Waals surface area contributed by atoms with Crippen LogP contribution in [0.15, 0.2) is 6.07 Å². The Hall–Kier alpha value is -1.52. The molecule has 0 amide bonds. The summed E-state index contributed by atoms with van der Waals surface area (Å²) in [5, 5.41) is 0. The van der Waals surface area contributed by atoms with E-state index in [0.717, 1.165) is 0 Å². The van der Waals surface area contributed by atoms with Gasteiger partial charge in [0, 0.05) is 0 Å². The molecule has 1 aromatic heterocycles. The SMILES string of the molecule is COc1c(C)cc(C=O)nc1C(F)F. The molecule has 0 spiro atoms. The molecule has 0 aliphatic carbocycles. The molecule has 0 aromatic carbocycles. The number of aldehydes is 1. The Kier molecular flexibility index (Phi) is 3.11. The second-order valence-corrected chi connectivity index (χ2v) is 2.70. The average molecular weight is 201 g/mol. The number of aryl methyl sites for hydroxylation is 1. The molecule has 0 bridgehead atoms. The topological polar surface area (TPSA) is 39.2 Å². The fourth-order valence-corrected chi connectivity index (χ4v) is 1.19. The molecule has 0 aliphatic heterocycles. The Morgan fingerprint density at radius 2 is 2.21 bits per heavy atom. The van der Waals surface area contributed by atoms with Crippen LogP contribution in [0.25, 0.3) is 0 Å². The minimum Gasteiger partial charge on any atom is -0.494 e. The fourth-order valence-electron chi connectivity index (χ4n) is 1.19. The highest BCUT2D eigenvalue weighted by Crippen LogP contribution is 2.30. The summed E-state index contributed by atoms with van der Waals surface area (Å²) in [7, 11) is 1.29. The van der Waals surface area contributed by atoms with Crippen molar-refractivity contribution in [3.63, 3.8) is 0 Å². The first-order valence-electron chi connectivity index (χ1n) is 3.89. The molecule has 76 valence electrons. The summed E-state index contributed by atoms with van der Waals surface area (Å²) >= 11 is 0. The lowest BCUT2D eigenvalue weighted by Crippen LogP contribution is -2.02. The van der Waals surface area contributed by atoms with Gasteiger partial charge in [0.25, 0.3) is 6.43 Å². The molecule has 3 nitrogen and oxygen atoms in total. The lowest BCUT2D eigenvalue weighted by atomic mass is 10.2. The van der Waals surface area contributed by atoms with Crippen molar-refractivity contribution in [2.24, 2.45) is 0 Å². The van der Waals surface area contributed by atoms with E-state index in [0.29, 0.717) is 11.8 Å². The summed E-state index contributed by atoms with van der Waals surface area (Å²) in [6.45, 7) is 1.58. The third-order valence-corrected chi connectivity index (χ3v) is 1.74. The number of hydrogen-bond donors (Lipinski definition) is 0. The molecular weight excluding hydrogens is 192 g/mol.